The third kappa shape index (κ3) is 1.37. The Kier molecular flexibility index (Phi) is 2.12. The summed E-state index contributed by atoms with van der Waals surface area (Å²) in [4.78, 5) is 0. The summed E-state index contributed by atoms with van der Waals surface area (Å²) in [7, 11) is 0. The molecule has 1 aliphatic heterocycles. The van der Waals surface area contributed by atoms with Gasteiger partial charge in [0.05, 0.1) is 0 Å². The molecule has 0 amide bonds. The van der Waals surface area contributed by atoms with Gasteiger partial charge in [-0.3, -0.25) is 0 Å². The molecule has 1 aromatic rings. The van der Waals surface area contributed by atoms with Gasteiger partial charge >= 0.3 is 0 Å². The van der Waals surface area contributed by atoms with E-state index in [2.05, 4.69) is 32.2 Å². The van der Waals surface area contributed by atoms with Gasteiger partial charge in [-0.25, -0.2) is 0 Å². The van der Waals surface area contributed by atoms with Gasteiger partial charge < -0.3 is 5.32 Å². The van der Waals surface area contributed by atoms with Crippen molar-refractivity contribution >= 4 is 0 Å². The molecular weight excluding hydrogens is 158 g/mol. The van der Waals surface area contributed by atoms with Crippen molar-refractivity contribution < 1.29 is 0 Å². The number of hydrogen-bond donors (Lipinski definition) is 1. The third-order valence-electron chi connectivity index (χ3n) is 3.25. The molecular formula is C12H17N. The van der Waals surface area contributed by atoms with Crippen LogP contribution in [-0.4, -0.2) is 6.54 Å². The van der Waals surface area contributed by atoms with Crippen LogP contribution in [0.25, 0.3) is 0 Å². The van der Waals surface area contributed by atoms with Crippen LogP contribution in [0.2, 0.25) is 0 Å². The maximum atomic E-state index is 3.41. The monoisotopic (exact) mass is 175 g/mol. The van der Waals surface area contributed by atoms with Gasteiger partial charge in [-0.2, -0.15) is 0 Å². The van der Waals surface area contributed by atoms with Gasteiger partial charge in [0.25, 0.3) is 0 Å². The SMILES string of the molecule is Cc1cc2c(c(C)c1C)CCNC2. The normalized spacial score (nSPS) is 15.6. The Balaban J connectivity index is 2.60. The molecule has 0 unspecified atom stereocenters. The van der Waals surface area contributed by atoms with Crippen LogP contribution in [0.15, 0.2) is 6.07 Å². The summed E-state index contributed by atoms with van der Waals surface area (Å²) in [6, 6.07) is 2.34. The Hall–Kier alpha value is -0.820. The molecule has 0 radical (unpaired) electrons. The molecule has 0 saturated heterocycles. The molecule has 0 spiro atoms. The van der Waals surface area contributed by atoms with E-state index in [4.69, 9.17) is 0 Å². The lowest BCUT2D eigenvalue weighted by molar-refractivity contribution is 0.639. The number of nitrogens with one attached hydrogen (secondary N) is 1. The van der Waals surface area contributed by atoms with Crippen LogP contribution in [0.3, 0.4) is 0 Å². The second kappa shape index (κ2) is 3.15. The average Bonchev–Trinajstić information content (AvgIpc) is 2.15. The van der Waals surface area contributed by atoms with Crippen molar-refractivity contribution in [2.45, 2.75) is 33.7 Å². The average molecular weight is 175 g/mol. The molecule has 70 valence electrons. The molecule has 1 heterocycles. The minimum atomic E-state index is 1.05. The molecule has 0 saturated carbocycles. The summed E-state index contributed by atoms with van der Waals surface area (Å²) in [5.74, 6) is 0. The first kappa shape index (κ1) is 8.76. The molecule has 1 nitrogen and oxygen atoms in total. The van der Waals surface area contributed by atoms with E-state index < -0.39 is 0 Å². The summed E-state index contributed by atoms with van der Waals surface area (Å²) >= 11 is 0. The molecule has 0 bridgehead atoms. The van der Waals surface area contributed by atoms with Crippen LogP contribution in [0.4, 0.5) is 0 Å². The summed E-state index contributed by atoms with van der Waals surface area (Å²) in [6.07, 6.45) is 1.20. The van der Waals surface area contributed by atoms with Crippen molar-refractivity contribution in [1.29, 1.82) is 0 Å². The molecule has 1 heteroatoms. The second-order valence-electron chi connectivity index (χ2n) is 4.01. The summed E-state index contributed by atoms with van der Waals surface area (Å²) in [5, 5.41) is 3.41. The standard InChI is InChI=1S/C12H17N/c1-8-6-11-7-13-5-4-12(11)10(3)9(8)2/h6,13H,4-5,7H2,1-3H3. The Morgan fingerprint density at radius 1 is 1.15 bits per heavy atom. The van der Waals surface area contributed by atoms with E-state index in [1.807, 2.05) is 0 Å². The Bertz CT molecular complexity index is 339. The topological polar surface area (TPSA) is 12.0 Å². The molecule has 1 aliphatic rings. The van der Waals surface area contributed by atoms with Crippen molar-refractivity contribution in [1.82, 2.24) is 5.32 Å². The maximum Gasteiger partial charge on any atom is 0.0208 e. The van der Waals surface area contributed by atoms with Crippen LogP contribution in [0.1, 0.15) is 27.8 Å². The highest BCUT2D eigenvalue weighted by molar-refractivity contribution is 5.45. The summed E-state index contributed by atoms with van der Waals surface area (Å²) < 4.78 is 0. The minimum Gasteiger partial charge on any atom is -0.312 e. The van der Waals surface area contributed by atoms with Gasteiger partial charge in [-0.15, -0.1) is 0 Å². The highest BCUT2D eigenvalue weighted by atomic mass is 14.9. The fourth-order valence-electron chi connectivity index (χ4n) is 2.16. The molecule has 0 aliphatic carbocycles. The Morgan fingerprint density at radius 2 is 1.92 bits per heavy atom. The summed E-state index contributed by atoms with van der Waals surface area (Å²) in [6.45, 7) is 8.88. The Morgan fingerprint density at radius 3 is 2.69 bits per heavy atom. The minimum absolute atomic E-state index is 1.05. The van der Waals surface area contributed by atoms with E-state index in [-0.39, 0.29) is 0 Å². The molecule has 0 atom stereocenters. The smallest absolute Gasteiger partial charge is 0.0208 e. The molecule has 1 aromatic carbocycles. The van der Waals surface area contributed by atoms with Crippen molar-refractivity contribution in [3.05, 3.63) is 33.9 Å². The lowest BCUT2D eigenvalue weighted by Crippen LogP contribution is -2.24. The van der Waals surface area contributed by atoms with E-state index >= 15 is 0 Å². The Labute approximate surface area is 80.2 Å². The predicted molar refractivity (Wildman–Crippen MR) is 56.1 cm³/mol. The third-order valence-corrected chi connectivity index (χ3v) is 3.25. The zero-order chi connectivity index (χ0) is 9.42. The highest BCUT2D eigenvalue weighted by Gasteiger charge is 2.13. The number of benzene rings is 1. The van der Waals surface area contributed by atoms with Gasteiger partial charge in [0.15, 0.2) is 0 Å². The van der Waals surface area contributed by atoms with Gasteiger partial charge in [0.1, 0.15) is 0 Å². The van der Waals surface area contributed by atoms with Crippen LogP contribution in [-0.2, 0) is 13.0 Å². The van der Waals surface area contributed by atoms with E-state index in [9.17, 15) is 0 Å². The maximum absolute atomic E-state index is 3.41. The first-order chi connectivity index (χ1) is 6.20. The number of hydrogen-bond acceptors (Lipinski definition) is 1. The van der Waals surface area contributed by atoms with Crippen molar-refractivity contribution in [3.63, 3.8) is 0 Å². The van der Waals surface area contributed by atoms with Gasteiger partial charge in [-0.1, -0.05) is 6.07 Å². The fraction of sp³-hybridized carbons (Fsp3) is 0.500. The van der Waals surface area contributed by atoms with Gasteiger partial charge in [0.2, 0.25) is 0 Å². The predicted octanol–water partition coefficient (Wildman–Crippen LogP) is 2.26. The van der Waals surface area contributed by atoms with Crippen LogP contribution >= 0.6 is 0 Å². The molecule has 2 rings (SSSR count). The molecule has 1 N–H and O–H groups in total. The zero-order valence-electron chi connectivity index (χ0n) is 8.70. The van der Waals surface area contributed by atoms with E-state index in [0.29, 0.717) is 0 Å². The highest BCUT2D eigenvalue weighted by Crippen LogP contribution is 2.24. The van der Waals surface area contributed by atoms with E-state index in [1.165, 1.54) is 28.7 Å². The quantitative estimate of drug-likeness (QED) is 0.637. The van der Waals surface area contributed by atoms with Crippen molar-refractivity contribution in [2.24, 2.45) is 0 Å². The van der Waals surface area contributed by atoms with Crippen LogP contribution in [0.5, 0.6) is 0 Å². The lowest BCUT2D eigenvalue weighted by atomic mass is 9.90. The van der Waals surface area contributed by atoms with Gasteiger partial charge in [0, 0.05) is 6.54 Å². The first-order valence-electron chi connectivity index (χ1n) is 4.99. The van der Waals surface area contributed by atoms with E-state index in [1.54, 1.807) is 5.56 Å². The zero-order valence-corrected chi connectivity index (χ0v) is 8.70. The van der Waals surface area contributed by atoms with Gasteiger partial charge in [-0.05, 0) is 61.6 Å². The van der Waals surface area contributed by atoms with Crippen molar-refractivity contribution in [3.8, 4) is 0 Å². The fourth-order valence-corrected chi connectivity index (χ4v) is 2.16. The first-order valence-corrected chi connectivity index (χ1v) is 4.99. The van der Waals surface area contributed by atoms with Crippen LogP contribution in [0, 0.1) is 20.8 Å². The number of aryl methyl sites for hydroxylation is 1. The number of rotatable bonds is 0. The second-order valence-corrected chi connectivity index (χ2v) is 4.01. The van der Waals surface area contributed by atoms with E-state index in [0.717, 1.165) is 13.1 Å². The summed E-state index contributed by atoms with van der Waals surface area (Å²) in [5.41, 5.74) is 7.51. The molecule has 13 heavy (non-hydrogen) atoms. The molecule has 0 aromatic heterocycles. The molecule has 0 fully saturated rings. The largest absolute Gasteiger partial charge is 0.312 e. The number of fused-ring (bicyclic) bond motifs is 1. The lowest BCUT2D eigenvalue weighted by Gasteiger charge is -2.21. The van der Waals surface area contributed by atoms with Crippen molar-refractivity contribution in [2.75, 3.05) is 6.54 Å². The van der Waals surface area contributed by atoms with Crippen LogP contribution < -0.4 is 5.32 Å².